The summed E-state index contributed by atoms with van der Waals surface area (Å²) in [4.78, 5) is 16.3. The molecule has 0 aromatic carbocycles. The molecule has 0 aliphatic rings. The molecule has 5 heteroatoms. The quantitative estimate of drug-likeness (QED) is 0.300. The van der Waals surface area contributed by atoms with E-state index in [-0.39, 0.29) is 0 Å². The first-order chi connectivity index (χ1) is 2.56. The summed E-state index contributed by atoms with van der Waals surface area (Å²) in [5.41, 5.74) is 0. The van der Waals surface area contributed by atoms with Crippen LogP contribution in [-0.4, -0.2) is 16.5 Å². The van der Waals surface area contributed by atoms with E-state index in [1.807, 2.05) is 0 Å². The molecule has 0 atom stereocenters. The van der Waals surface area contributed by atoms with Crippen LogP contribution in [0.1, 0.15) is 0 Å². The molecule has 4 nitrogen and oxygen atoms in total. The molecule has 0 unspecified atom stereocenters. The van der Waals surface area contributed by atoms with Crippen LogP contribution in [0.4, 0.5) is 0 Å². The third-order valence-corrected chi connectivity index (χ3v) is 0.670. The van der Waals surface area contributed by atoms with Crippen molar-refractivity contribution in [1.82, 2.24) is 0 Å². The number of rotatable bonds is 1. The van der Waals surface area contributed by atoms with Gasteiger partial charge in [-0.3, -0.25) is 0 Å². The summed E-state index contributed by atoms with van der Waals surface area (Å²) in [6.45, 7) is 1.15. The average Bonchev–Trinajstić information content (AvgIpc) is 1.35. The predicted octanol–water partition coefficient (Wildman–Crippen LogP) is -1.01. The van der Waals surface area contributed by atoms with E-state index in [4.69, 9.17) is 9.79 Å². The second-order valence-electron chi connectivity index (χ2n) is 1.05. The SMILES string of the molecule is C[PH](O)(O)ON. The Morgan fingerprint density at radius 1 is 1.67 bits per heavy atom. The molecule has 4 N–H and O–H groups in total. The van der Waals surface area contributed by atoms with Crippen LogP contribution in [0.2, 0.25) is 0 Å². The minimum absolute atomic E-state index is 1.15. The number of hydrogen-bond donors (Lipinski definition) is 3. The van der Waals surface area contributed by atoms with Crippen molar-refractivity contribution < 1.29 is 14.4 Å². The van der Waals surface area contributed by atoms with E-state index in [0.717, 1.165) is 6.66 Å². The Labute approximate surface area is 36.1 Å². The van der Waals surface area contributed by atoms with Crippen molar-refractivity contribution in [1.29, 1.82) is 0 Å². The van der Waals surface area contributed by atoms with Crippen molar-refractivity contribution in [2.75, 3.05) is 6.66 Å². The molecule has 0 aromatic rings. The van der Waals surface area contributed by atoms with Crippen LogP contribution < -0.4 is 5.90 Å². The van der Waals surface area contributed by atoms with Crippen molar-refractivity contribution in [2.24, 2.45) is 5.90 Å². The normalized spacial score (nSPS) is 14.7. The molecule has 40 valence electrons. The van der Waals surface area contributed by atoms with Gasteiger partial charge < -0.3 is 0 Å². The molecule has 6 heavy (non-hydrogen) atoms. The maximum absolute atomic E-state index is 8.17. The summed E-state index contributed by atoms with van der Waals surface area (Å²) in [5, 5.41) is 0. The van der Waals surface area contributed by atoms with Crippen molar-refractivity contribution in [3.63, 3.8) is 0 Å². The zero-order valence-electron chi connectivity index (χ0n) is 3.38. The van der Waals surface area contributed by atoms with Crippen LogP contribution in [-0.2, 0) is 4.62 Å². The first-order valence-electron chi connectivity index (χ1n) is 1.39. The molecule has 0 radical (unpaired) electrons. The van der Waals surface area contributed by atoms with Gasteiger partial charge in [0.15, 0.2) is 0 Å². The van der Waals surface area contributed by atoms with Crippen LogP contribution in [0.5, 0.6) is 0 Å². The van der Waals surface area contributed by atoms with Crippen LogP contribution in [0, 0.1) is 0 Å². The molecular formula is CH8NO3P. The molecule has 0 bridgehead atoms. The van der Waals surface area contributed by atoms with Gasteiger partial charge in [0.25, 0.3) is 0 Å². The molecule has 0 saturated heterocycles. The van der Waals surface area contributed by atoms with Gasteiger partial charge in [-0.1, -0.05) is 0 Å². The molecule has 0 aliphatic carbocycles. The second kappa shape index (κ2) is 1.82. The Kier molecular flexibility index (Phi) is 1.90. The molecule has 0 aromatic heterocycles. The van der Waals surface area contributed by atoms with Crippen LogP contribution >= 0.6 is 7.94 Å². The van der Waals surface area contributed by atoms with Crippen LogP contribution in [0.25, 0.3) is 0 Å². The van der Waals surface area contributed by atoms with Gasteiger partial charge in [-0.2, -0.15) is 0 Å². The molecule has 0 fully saturated rings. The van der Waals surface area contributed by atoms with Crippen LogP contribution in [0.3, 0.4) is 0 Å². The van der Waals surface area contributed by atoms with Crippen molar-refractivity contribution in [3.8, 4) is 0 Å². The maximum atomic E-state index is 8.17. The van der Waals surface area contributed by atoms with Gasteiger partial charge >= 0.3 is 34.9 Å². The zero-order valence-corrected chi connectivity index (χ0v) is 4.38. The Morgan fingerprint density at radius 2 is 1.83 bits per heavy atom. The van der Waals surface area contributed by atoms with Gasteiger partial charge in [0.05, 0.1) is 0 Å². The first-order valence-corrected chi connectivity index (χ1v) is 3.69. The summed E-state index contributed by atoms with van der Waals surface area (Å²) in [7, 11) is -3.35. The van der Waals surface area contributed by atoms with Gasteiger partial charge in [-0.25, -0.2) is 0 Å². The van der Waals surface area contributed by atoms with Crippen molar-refractivity contribution in [3.05, 3.63) is 0 Å². The van der Waals surface area contributed by atoms with E-state index in [0.29, 0.717) is 0 Å². The predicted molar refractivity (Wildman–Crippen MR) is 23.9 cm³/mol. The fourth-order valence-corrected chi connectivity index (χ4v) is 0. The average molecular weight is 113 g/mol. The van der Waals surface area contributed by atoms with E-state index >= 15 is 0 Å². The van der Waals surface area contributed by atoms with E-state index in [9.17, 15) is 0 Å². The second-order valence-corrected chi connectivity index (χ2v) is 3.16. The molecule has 0 saturated carbocycles. The van der Waals surface area contributed by atoms with Crippen LogP contribution in [0.15, 0.2) is 0 Å². The molecule has 0 rings (SSSR count). The van der Waals surface area contributed by atoms with Gasteiger partial charge in [0.1, 0.15) is 0 Å². The fraction of sp³-hybridized carbons (Fsp3) is 1.00. The number of nitrogens with two attached hydrogens (primary N) is 1. The first kappa shape index (κ1) is 6.27. The topological polar surface area (TPSA) is 75.7 Å². The van der Waals surface area contributed by atoms with Gasteiger partial charge in [0, 0.05) is 0 Å². The molecule has 0 amide bonds. The van der Waals surface area contributed by atoms with Gasteiger partial charge in [-0.15, -0.1) is 0 Å². The summed E-state index contributed by atoms with van der Waals surface area (Å²) >= 11 is 0. The standard InChI is InChI=1S/CH8NO3P/c1-6(3,4)5-2/h3-4,6H,2H2,1H3. The summed E-state index contributed by atoms with van der Waals surface area (Å²) < 4.78 is 3.69. The Morgan fingerprint density at radius 3 is 1.83 bits per heavy atom. The summed E-state index contributed by atoms with van der Waals surface area (Å²) in [6, 6.07) is 0. The molecule has 0 aliphatic heterocycles. The zero-order chi connectivity index (χ0) is 5.21. The van der Waals surface area contributed by atoms with E-state index in [1.54, 1.807) is 0 Å². The van der Waals surface area contributed by atoms with Gasteiger partial charge in [-0.05, 0) is 0 Å². The third-order valence-electron chi connectivity index (χ3n) is 0.223. The number of hydrogen-bond acceptors (Lipinski definition) is 4. The van der Waals surface area contributed by atoms with Crippen molar-refractivity contribution in [2.45, 2.75) is 0 Å². The molecule has 0 heterocycles. The van der Waals surface area contributed by atoms with Gasteiger partial charge in [0.2, 0.25) is 0 Å². The Balaban J connectivity index is 3.17. The van der Waals surface area contributed by atoms with E-state index in [2.05, 4.69) is 10.5 Å². The monoisotopic (exact) mass is 113 g/mol. The van der Waals surface area contributed by atoms with E-state index < -0.39 is 7.94 Å². The van der Waals surface area contributed by atoms with Crippen molar-refractivity contribution >= 4 is 7.94 Å². The molecular weight excluding hydrogens is 105 g/mol. The van der Waals surface area contributed by atoms with E-state index in [1.165, 1.54) is 0 Å². The fourth-order valence-electron chi connectivity index (χ4n) is 0. The Hall–Kier alpha value is 0.270. The molecule has 0 spiro atoms. The Bertz CT molecular complexity index is 40.5. The third kappa shape index (κ3) is 4.27. The minimum atomic E-state index is -3.35. The summed E-state index contributed by atoms with van der Waals surface area (Å²) in [6.07, 6.45) is 0. The summed E-state index contributed by atoms with van der Waals surface area (Å²) in [5.74, 6) is 4.37.